The molecule has 6 heteroatoms. The zero-order valence-electron chi connectivity index (χ0n) is 11.6. The van der Waals surface area contributed by atoms with Gasteiger partial charge in [-0.2, -0.15) is 0 Å². The summed E-state index contributed by atoms with van der Waals surface area (Å²) >= 11 is 0. The van der Waals surface area contributed by atoms with E-state index in [2.05, 4.69) is 4.74 Å². The van der Waals surface area contributed by atoms with Crippen LogP contribution in [0, 0.1) is 0 Å². The highest BCUT2D eigenvalue weighted by atomic mass is 16.5. The van der Waals surface area contributed by atoms with Crippen molar-refractivity contribution < 1.29 is 23.8 Å². The van der Waals surface area contributed by atoms with Crippen LogP contribution in [0.1, 0.15) is 20.3 Å². The molecule has 0 atom stereocenters. The fraction of sp³-hybridized carbons (Fsp3) is 0.833. The maximum absolute atomic E-state index is 11.5. The van der Waals surface area contributed by atoms with Crippen molar-refractivity contribution in [1.82, 2.24) is 4.90 Å². The molecule has 6 nitrogen and oxygen atoms in total. The van der Waals surface area contributed by atoms with Gasteiger partial charge in [0.1, 0.15) is 0 Å². The number of nitrogens with zero attached hydrogens (tertiary/aromatic N) is 1. The smallest absolute Gasteiger partial charge is 0.320 e. The first-order chi connectivity index (χ1) is 8.49. The zero-order chi connectivity index (χ0) is 14.0. The number of ether oxygens (including phenoxy) is 3. The predicted octanol–water partition coefficient (Wildman–Crippen LogP) is 0.450. The summed E-state index contributed by atoms with van der Waals surface area (Å²) in [6, 6.07) is 0. The van der Waals surface area contributed by atoms with E-state index >= 15 is 0 Å². The third-order valence-corrected chi connectivity index (χ3v) is 2.19. The van der Waals surface area contributed by atoms with Crippen LogP contribution in [0.2, 0.25) is 0 Å². The lowest BCUT2D eigenvalue weighted by Gasteiger charge is -2.21. The van der Waals surface area contributed by atoms with Crippen LogP contribution < -0.4 is 0 Å². The lowest BCUT2D eigenvalue weighted by atomic mass is 10.3. The van der Waals surface area contributed by atoms with Crippen LogP contribution >= 0.6 is 0 Å². The van der Waals surface area contributed by atoms with Crippen molar-refractivity contribution in [3.63, 3.8) is 0 Å². The summed E-state index contributed by atoms with van der Waals surface area (Å²) < 4.78 is 14.6. The average Bonchev–Trinajstić information content (AvgIpc) is 2.31. The Kier molecular flexibility index (Phi) is 9.22. The molecule has 18 heavy (non-hydrogen) atoms. The number of methoxy groups -OCH3 is 2. The predicted molar refractivity (Wildman–Crippen MR) is 66.2 cm³/mol. The first-order valence-electron chi connectivity index (χ1n) is 5.97. The second-order valence-corrected chi connectivity index (χ2v) is 4.13. The van der Waals surface area contributed by atoms with Gasteiger partial charge in [-0.05, 0) is 13.8 Å². The number of carbonyl (C=O) groups excluding carboxylic acids is 2. The van der Waals surface area contributed by atoms with Gasteiger partial charge in [0, 0.05) is 20.2 Å². The Morgan fingerprint density at radius 3 is 2.28 bits per heavy atom. The molecule has 0 aromatic heterocycles. The Bertz CT molecular complexity index is 255. The summed E-state index contributed by atoms with van der Waals surface area (Å²) in [5, 5.41) is 0. The normalized spacial score (nSPS) is 10.8. The van der Waals surface area contributed by atoms with Crippen LogP contribution in [0.3, 0.4) is 0 Å². The summed E-state index contributed by atoms with van der Waals surface area (Å²) in [7, 11) is 2.93. The van der Waals surface area contributed by atoms with Gasteiger partial charge in [-0.25, -0.2) is 0 Å². The highest BCUT2D eigenvalue weighted by Crippen LogP contribution is 1.97. The molecule has 0 unspecified atom stereocenters. The van der Waals surface area contributed by atoms with E-state index < -0.39 is 0 Å². The summed E-state index contributed by atoms with van der Waals surface area (Å²) in [5.41, 5.74) is 0. The monoisotopic (exact) mass is 261 g/mol. The summed E-state index contributed by atoms with van der Waals surface area (Å²) in [6.07, 6.45) is 0.109. The fourth-order valence-electron chi connectivity index (χ4n) is 1.32. The highest BCUT2D eigenvalue weighted by Gasteiger charge is 2.14. The standard InChI is InChI=1S/C12H23NO5/c1-10(2)18-12(15)9-13(7-8-16-3)6-5-11(14)17-4/h10H,5-9H2,1-4H3. The molecule has 0 N–H and O–H groups in total. The molecule has 106 valence electrons. The first kappa shape index (κ1) is 16.9. The van der Waals surface area contributed by atoms with E-state index in [1.54, 1.807) is 21.0 Å². The molecule has 0 aromatic rings. The minimum atomic E-state index is -0.300. The molecule has 0 amide bonds. The average molecular weight is 261 g/mol. The summed E-state index contributed by atoms with van der Waals surface area (Å²) in [6.45, 7) is 5.26. The Labute approximate surface area is 108 Å². The fourth-order valence-corrected chi connectivity index (χ4v) is 1.32. The van der Waals surface area contributed by atoms with E-state index in [1.807, 2.05) is 4.90 Å². The van der Waals surface area contributed by atoms with Crippen molar-refractivity contribution in [2.75, 3.05) is 40.5 Å². The van der Waals surface area contributed by atoms with Gasteiger partial charge in [-0.1, -0.05) is 0 Å². The summed E-state index contributed by atoms with van der Waals surface area (Å²) in [5.74, 6) is -0.597. The molecule has 0 aromatic carbocycles. The molecule has 0 aliphatic rings. The number of hydrogen-bond donors (Lipinski definition) is 0. The first-order valence-corrected chi connectivity index (χ1v) is 5.97. The third kappa shape index (κ3) is 8.95. The number of hydrogen-bond acceptors (Lipinski definition) is 6. The van der Waals surface area contributed by atoms with Gasteiger partial charge in [-0.3, -0.25) is 14.5 Å². The maximum Gasteiger partial charge on any atom is 0.320 e. The van der Waals surface area contributed by atoms with E-state index in [4.69, 9.17) is 9.47 Å². The highest BCUT2D eigenvalue weighted by molar-refractivity contribution is 5.72. The van der Waals surface area contributed by atoms with E-state index in [0.717, 1.165) is 0 Å². The van der Waals surface area contributed by atoms with Crippen LogP contribution in [0.4, 0.5) is 0 Å². The molecule has 0 saturated heterocycles. The van der Waals surface area contributed by atoms with Crippen molar-refractivity contribution in [2.45, 2.75) is 26.4 Å². The van der Waals surface area contributed by atoms with Gasteiger partial charge < -0.3 is 14.2 Å². The van der Waals surface area contributed by atoms with E-state index in [-0.39, 0.29) is 31.0 Å². The molecule has 0 heterocycles. The summed E-state index contributed by atoms with van der Waals surface area (Å²) in [4.78, 5) is 24.4. The maximum atomic E-state index is 11.5. The van der Waals surface area contributed by atoms with Crippen LogP contribution in [0.15, 0.2) is 0 Å². The van der Waals surface area contributed by atoms with Crippen LogP contribution in [-0.4, -0.2) is 63.4 Å². The van der Waals surface area contributed by atoms with Crippen LogP contribution in [0.5, 0.6) is 0 Å². The second-order valence-electron chi connectivity index (χ2n) is 4.13. The van der Waals surface area contributed by atoms with E-state index in [1.165, 1.54) is 7.11 Å². The Morgan fingerprint density at radius 2 is 1.78 bits per heavy atom. The Hall–Kier alpha value is -1.14. The Morgan fingerprint density at radius 1 is 1.11 bits per heavy atom. The Balaban J connectivity index is 4.12. The van der Waals surface area contributed by atoms with Gasteiger partial charge in [0.05, 0.1) is 32.8 Å². The molecule has 0 saturated carbocycles. The van der Waals surface area contributed by atoms with Gasteiger partial charge in [0.15, 0.2) is 0 Å². The number of rotatable bonds is 9. The zero-order valence-corrected chi connectivity index (χ0v) is 11.6. The molecule has 0 aliphatic carbocycles. The van der Waals surface area contributed by atoms with Crippen molar-refractivity contribution in [3.05, 3.63) is 0 Å². The topological polar surface area (TPSA) is 65.1 Å². The van der Waals surface area contributed by atoms with Gasteiger partial charge in [-0.15, -0.1) is 0 Å². The molecule has 0 fully saturated rings. The number of carbonyl (C=O) groups is 2. The molecule has 0 aliphatic heterocycles. The van der Waals surface area contributed by atoms with Gasteiger partial charge >= 0.3 is 11.9 Å². The molecule has 0 radical (unpaired) electrons. The molecular weight excluding hydrogens is 238 g/mol. The van der Waals surface area contributed by atoms with Crippen molar-refractivity contribution >= 4 is 11.9 Å². The van der Waals surface area contributed by atoms with Crippen LogP contribution in [0.25, 0.3) is 0 Å². The quantitative estimate of drug-likeness (QED) is 0.561. The second kappa shape index (κ2) is 9.85. The number of esters is 2. The largest absolute Gasteiger partial charge is 0.469 e. The van der Waals surface area contributed by atoms with Crippen LogP contribution in [-0.2, 0) is 23.8 Å². The molecule has 0 bridgehead atoms. The van der Waals surface area contributed by atoms with Crippen molar-refractivity contribution in [1.29, 1.82) is 0 Å². The minimum Gasteiger partial charge on any atom is -0.469 e. The van der Waals surface area contributed by atoms with E-state index in [0.29, 0.717) is 19.7 Å². The third-order valence-electron chi connectivity index (χ3n) is 2.19. The lowest BCUT2D eigenvalue weighted by molar-refractivity contribution is -0.150. The van der Waals surface area contributed by atoms with E-state index in [9.17, 15) is 9.59 Å². The molecule has 0 rings (SSSR count). The van der Waals surface area contributed by atoms with Crippen molar-refractivity contribution in [2.24, 2.45) is 0 Å². The lowest BCUT2D eigenvalue weighted by Crippen LogP contribution is -2.36. The van der Waals surface area contributed by atoms with Crippen molar-refractivity contribution in [3.8, 4) is 0 Å². The van der Waals surface area contributed by atoms with Gasteiger partial charge in [0.25, 0.3) is 0 Å². The molecular formula is C12H23NO5. The SMILES string of the molecule is COCCN(CCC(=O)OC)CC(=O)OC(C)C. The minimum absolute atomic E-state index is 0.137. The molecule has 0 spiro atoms. The van der Waals surface area contributed by atoms with Gasteiger partial charge in [0.2, 0.25) is 0 Å².